The Bertz CT molecular complexity index is 1260. The lowest BCUT2D eigenvalue weighted by atomic mass is 10.1. The van der Waals surface area contributed by atoms with E-state index in [1.165, 1.54) is 24.3 Å². The zero-order chi connectivity index (χ0) is 20.4. The lowest BCUT2D eigenvalue weighted by molar-refractivity contribution is 0.0992. The van der Waals surface area contributed by atoms with Crippen LogP contribution in [-0.4, -0.2) is 5.91 Å². The van der Waals surface area contributed by atoms with E-state index in [9.17, 15) is 14.0 Å². The van der Waals surface area contributed by atoms with Gasteiger partial charge in [0.05, 0.1) is 0 Å². The predicted molar refractivity (Wildman–Crippen MR) is 105 cm³/mol. The highest BCUT2D eigenvalue weighted by molar-refractivity contribution is 6.03. The van der Waals surface area contributed by atoms with E-state index in [4.69, 9.17) is 13.6 Å². The smallest absolute Gasteiger partial charge is 0.336 e. The highest BCUT2D eigenvalue weighted by Crippen LogP contribution is 2.22. The summed E-state index contributed by atoms with van der Waals surface area (Å²) in [7, 11) is 0. The van der Waals surface area contributed by atoms with Crippen LogP contribution in [0.3, 0.4) is 0 Å². The van der Waals surface area contributed by atoms with Gasteiger partial charge in [0.25, 0.3) is 5.91 Å². The molecule has 0 unspecified atom stereocenters. The maximum Gasteiger partial charge on any atom is 0.336 e. The Morgan fingerprint density at radius 1 is 1.07 bits per heavy atom. The third kappa shape index (κ3) is 4.03. The molecule has 146 valence electrons. The number of aryl methyl sites for hydroxylation is 1. The molecule has 0 bridgehead atoms. The van der Waals surface area contributed by atoms with Gasteiger partial charge in [-0.25, -0.2) is 9.18 Å². The Hall–Kier alpha value is -3.87. The van der Waals surface area contributed by atoms with Gasteiger partial charge in [0, 0.05) is 23.2 Å². The van der Waals surface area contributed by atoms with Crippen LogP contribution in [0.25, 0.3) is 11.0 Å². The third-order valence-electron chi connectivity index (χ3n) is 4.30. The van der Waals surface area contributed by atoms with E-state index < -0.39 is 17.3 Å². The number of ether oxygens (including phenoxy) is 1. The van der Waals surface area contributed by atoms with Crippen molar-refractivity contribution in [3.63, 3.8) is 0 Å². The molecule has 0 spiro atoms. The van der Waals surface area contributed by atoms with Crippen LogP contribution in [0.1, 0.15) is 21.9 Å². The van der Waals surface area contributed by atoms with Crippen molar-refractivity contribution in [1.29, 1.82) is 0 Å². The first kappa shape index (κ1) is 18.5. The largest absolute Gasteiger partial charge is 0.483 e. The quantitative estimate of drug-likeness (QED) is 0.499. The van der Waals surface area contributed by atoms with Gasteiger partial charge in [-0.05, 0) is 48.9 Å². The highest BCUT2D eigenvalue weighted by atomic mass is 19.1. The van der Waals surface area contributed by atoms with E-state index in [1.807, 2.05) is 6.92 Å². The van der Waals surface area contributed by atoms with Crippen molar-refractivity contribution in [3.8, 4) is 5.75 Å². The molecule has 7 heteroatoms. The molecule has 0 fully saturated rings. The topological polar surface area (TPSA) is 81.7 Å². The van der Waals surface area contributed by atoms with Gasteiger partial charge < -0.3 is 18.9 Å². The number of halogens is 1. The number of carbonyl (C=O) groups excluding carboxylic acids is 1. The first-order valence-electron chi connectivity index (χ1n) is 8.81. The first-order valence-corrected chi connectivity index (χ1v) is 8.81. The van der Waals surface area contributed by atoms with Gasteiger partial charge in [0.1, 0.15) is 18.0 Å². The number of nitrogens with one attached hydrogen (secondary N) is 1. The number of hydrogen-bond donors (Lipinski definition) is 1. The molecular weight excluding hydrogens is 377 g/mol. The summed E-state index contributed by atoms with van der Waals surface area (Å²) in [5, 5.41) is 3.48. The van der Waals surface area contributed by atoms with Crippen LogP contribution in [0.15, 0.2) is 74.3 Å². The summed E-state index contributed by atoms with van der Waals surface area (Å²) in [6.45, 7) is 1.79. The van der Waals surface area contributed by atoms with Crippen molar-refractivity contribution in [2.45, 2.75) is 13.5 Å². The molecule has 0 aliphatic rings. The van der Waals surface area contributed by atoms with Crippen molar-refractivity contribution >= 4 is 22.6 Å². The van der Waals surface area contributed by atoms with Gasteiger partial charge in [0.15, 0.2) is 17.3 Å². The molecule has 4 aromatic rings. The summed E-state index contributed by atoms with van der Waals surface area (Å²) in [6, 6.07) is 15.6. The molecule has 0 aliphatic heterocycles. The van der Waals surface area contributed by atoms with Crippen molar-refractivity contribution < 1.29 is 22.8 Å². The first-order chi connectivity index (χ1) is 14.0. The van der Waals surface area contributed by atoms with E-state index in [1.54, 1.807) is 36.4 Å². The Kier molecular flexibility index (Phi) is 4.87. The number of benzene rings is 2. The van der Waals surface area contributed by atoms with Crippen LogP contribution in [0.4, 0.5) is 10.1 Å². The van der Waals surface area contributed by atoms with Crippen LogP contribution in [-0.2, 0) is 6.61 Å². The summed E-state index contributed by atoms with van der Waals surface area (Å²) in [6.07, 6.45) is 0. The molecule has 29 heavy (non-hydrogen) atoms. The van der Waals surface area contributed by atoms with Gasteiger partial charge in [-0.3, -0.25) is 4.79 Å². The molecule has 6 nitrogen and oxygen atoms in total. The van der Waals surface area contributed by atoms with Crippen LogP contribution >= 0.6 is 0 Å². The number of fused-ring (bicyclic) bond motifs is 1. The molecule has 2 aromatic carbocycles. The van der Waals surface area contributed by atoms with Gasteiger partial charge in [-0.1, -0.05) is 12.1 Å². The van der Waals surface area contributed by atoms with Crippen molar-refractivity contribution in [2.24, 2.45) is 0 Å². The monoisotopic (exact) mass is 393 g/mol. The molecule has 0 saturated heterocycles. The van der Waals surface area contributed by atoms with E-state index in [-0.39, 0.29) is 18.1 Å². The molecular formula is C22H16FNO5. The second-order valence-electron chi connectivity index (χ2n) is 6.40. The summed E-state index contributed by atoms with van der Waals surface area (Å²) in [5.41, 5.74) is 1.17. The van der Waals surface area contributed by atoms with Crippen LogP contribution in [0, 0.1) is 12.7 Å². The zero-order valence-electron chi connectivity index (χ0n) is 15.4. The summed E-state index contributed by atoms with van der Waals surface area (Å²) < 4.78 is 29.6. The molecule has 2 heterocycles. The number of anilines is 1. The Balaban J connectivity index is 1.46. The van der Waals surface area contributed by atoms with E-state index in [2.05, 4.69) is 5.32 Å². The average molecular weight is 393 g/mol. The molecule has 1 amide bonds. The fourth-order valence-electron chi connectivity index (χ4n) is 2.88. The Morgan fingerprint density at radius 3 is 2.72 bits per heavy atom. The predicted octanol–water partition coefficient (Wildman–Crippen LogP) is 4.66. The minimum atomic E-state index is -0.477. The van der Waals surface area contributed by atoms with Crippen LogP contribution in [0.2, 0.25) is 0 Å². The number of rotatable bonds is 5. The maximum atomic E-state index is 13.6. The zero-order valence-corrected chi connectivity index (χ0v) is 15.4. The van der Waals surface area contributed by atoms with Gasteiger partial charge in [0.2, 0.25) is 0 Å². The minimum Gasteiger partial charge on any atom is -0.483 e. The molecule has 2 aromatic heterocycles. The average Bonchev–Trinajstić information content (AvgIpc) is 3.16. The lowest BCUT2D eigenvalue weighted by Gasteiger charge is -2.06. The fourth-order valence-corrected chi connectivity index (χ4v) is 2.88. The molecule has 0 radical (unpaired) electrons. The Morgan fingerprint density at radius 2 is 1.90 bits per heavy atom. The molecule has 0 saturated carbocycles. The highest BCUT2D eigenvalue weighted by Gasteiger charge is 2.13. The van der Waals surface area contributed by atoms with Crippen LogP contribution in [0.5, 0.6) is 5.75 Å². The van der Waals surface area contributed by atoms with Crippen molar-refractivity contribution in [1.82, 2.24) is 0 Å². The van der Waals surface area contributed by atoms with E-state index >= 15 is 0 Å². The van der Waals surface area contributed by atoms with Crippen molar-refractivity contribution in [2.75, 3.05) is 5.32 Å². The summed E-state index contributed by atoms with van der Waals surface area (Å²) in [5.74, 6) is -0.406. The summed E-state index contributed by atoms with van der Waals surface area (Å²) in [4.78, 5) is 24.0. The third-order valence-corrected chi connectivity index (χ3v) is 4.30. The standard InChI is InChI=1S/C22H16FNO5/c1-13-10-21(25)29-20-11-14(6-8-16(13)20)24-22(26)19-9-7-15(28-19)12-27-18-5-3-2-4-17(18)23/h2-11H,12H2,1H3,(H,24,26). The van der Waals surface area contributed by atoms with E-state index in [0.717, 1.165) is 10.9 Å². The van der Waals surface area contributed by atoms with Gasteiger partial charge in [-0.15, -0.1) is 0 Å². The van der Waals surface area contributed by atoms with Gasteiger partial charge in [-0.2, -0.15) is 0 Å². The number of para-hydroxylation sites is 1. The number of furan rings is 1. The maximum absolute atomic E-state index is 13.6. The van der Waals surface area contributed by atoms with Gasteiger partial charge >= 0.3 is 5.63 Å². The number of hydrogen-bond acceptors (Lipinski definition) is 5. The molecule has 0 aliphatic carbocycles. The SMILES string of the molecule is Cc1cc(=O)oc2cc(NC(=O)c3ccc(COc4ccccc4F)o3)ccc12. The number of carbonyl (C=O) groups is 1. The fraction of sp³-hybridized carbons (Fsp3) is 0.0909. The number of amides is 1. The molecule has 1 N–H and O–H groups in total. The molecule has 4 rings (SSSR count). The lowest BCUT2D eigenvalue weighted by Crippen LogP contribution is -2.11. The summed E-state index contributed by atoms with van der Waals surface area (Å²) >= 11 is 0. The second kappa shape index (κ2) is 7.63. The normalized spacial score (nSPS) is 10.8. The van der Waals surface area contributed by atoms with Crippen LogP contribution < -0.4 is 15.7 Å². The minimum absolute atomic E-state index is 0.0192. The van der Waals surface area contributed by atoms with Crippen molar-refractivity contribution in [3.05, 3.63) is 94.0 Å². The Labute approximate surface area is 164 Å². The van der Waals surface area contributed by atoms with E-state index in [0.29, 0.717) is 17.0 Å². The second-order valence-corrected chi connectivity index (χ2v) is 6.40. The molecule has 0 atom stereocenters.